The highest BCUT2D eigenvalue weighted by Gasteiger charge is 2.37. The number of nitrogens with one attached hydrogen (secondary N) is 2. The zero-order valence-electron chi connectivity index (χ0n) is 10.0. The minimum Gasteiger partial charge on any atom is -0.382 e. The van der Waals surface area contributed by atoms with E-state index in [4.69, 9.17) is 5.11 Å². The quantitative estimate of drug-likeness (QED) is 0.752. The molecule has 0 aliphatic rings. The highest BCUT2D eigenvalue weighted by Crippen LogP contribution is 2.20. The van der Waals surface area contributed by atoms with Crippen molar-refractivity contribution in [2.24, 2.45) is 0 Å². The molecule has 1 aromatic heterocycles. The van der Waals surface area contributed by atoms with Crippen LogP contribution in [0.15, 0.2) is 6.07 Å². The topological polar surface area (TPSA) is 70.1 Å². The van der Waals surface area contributed by atoms with E-state index in [0.29, 0.717) is 18.2 Å². The molecule has 1 heterocycles. The van der Waals surface area contributed by atoms with E-state index in [9.17, 15) is 13.2 Å². The third-order valence-electron chi connectivity index (χ3n) is 2.05. The molecule has 0 aromatic carbocycles. The SMILES string of the molecule is CCNc1cc(NCC(O)C(F)(F)F)nc(C)n1. The molecular formula is C10H15F3N4O. The lowest BCUT2D eigenvalue weighted by Gasteiger charge is -2.15. The van der Waals surface area contributed by atoms with Crippen LogP contribution in [-0.4, -0.2) is 40.4 Å². The lowest BCUT2D eigenvalue weighted by molar-refractivity contribution is -0.198. The van der Waals surface area contributed by atoms with Gasteiger partial charge in [0.15, 0.2) is 6.10 Å². The number of hydrogen-bond acceptors (Lipinski definition) is 5. The second-order valence-electron chi connectivity index (χ2n) is 3.65. The fourth-order valence-corrected chi connectivity index (χ4v) is 1.25. The van der Waals surface area contributed by atoms with E-state index in [1.165, 1.54) is 6.07 Å². The molecule has 102 valence electrons. The first-order valence-electron chi connectivity index (χ1n) is 5.41. The van der Waals surface area contributed by atoms with Crippen molar-refractivity contribution in [2.75, 3.05) is 23.7 Å². The number of halogens is 3. The molecule has 0 saturated heterocycles. The van der Waals surface area contributed by atoms with E-state index in [-0.39, 0.29) is 5.82 Å². The number of aryl methyl sites for hydroxylation is 1. The summed E-state index contributed by atoms with van der Waals surface area (Å²) in [6, 6.07) is 1.49. The molecule has 8 heteroatoms. The first kappa shape index (κ1) is 14.5. The maximum absolute atomic E-state index is 12.1. The molecule has 18 heavy (non-hydrogen) atoms. The summed E-state index contributed by atoms with van der Waals surface area (Å²) in [5.41, 5.74) is 0. The lowest BCUT2D eigenvalue weighted by Crippen LogP contribution is -2.35. The Balaban J connectivity index is 2.67. The van der Waals surface area contributed by atoms with Gasteiger partial charge >= 0.3 is 6.18 Å². The minimum absolute atomic E-state index is 0.238. The number of aliphatic hydroxyl groups is 1. The molecule has 0 bridgehead atoms. The first-order chi connectivity index (χ1) is 8.32. The van der Waals surface area contributed by atoms with Crippen LogP contribution in [0.2, 0.25) is 0 Å². The van der Waals surface area contributed by atoms with Gasteiger partial charge in [-0.3, -0.25) is 0 Å². The highest BCUT2D eigenvalue weighted by atomic mass is 19.4. The third kappa shape index (κ3) is 4.36. The maximum atomic E-state index is 12.1. The van der Waals surface area contributed by atoms with E-state index in [1.807, 2.05) is 6.92 Å². The molecule has 0 aliphatic carbocycles. The Labute approximate surface area is 102 Å². The van der Waals surface area contributed by atoms with Gasteiger partial charge in [0.05, 0.1) is 6.54 Å². The Hall–Kier alpha value is -1.57. The summed E-state index contributed by atoms with van der Waals surface area (Å²) in [7, 11) is 0. The van der Waals surface area contributed by atoms with Crippen molar-refractivity contribution in [2.45, 2.75) is 26.1 Å². The Morgan fingerprint density at radius 1 is 1.28 bits per heavy atom. The summed E-state index contributed by atoms with van der Waals surface area (Å²) in [5, 5.41) is 14.2. The summed E-state index contributed by atoms with van der Waals surface area (Å²) in [6.07, 6.45) is -7.06. The predicted octanol–water partition coefficient (Wildman–Crippen LogP) is 1.55. The third-order valence-corrected chi connectivity index (χ3v) is 2.05. The van der Waals surface area contributed by atoms with Gasteiger partial charge in [-0.05, 0) is 13.8 Å². The van der Waals surface area contributed by atoms with E-state index >= 15 is 0 Å². The van der Waals surface area contributed by atoms with Gasteiger partial charge in [-0.15, -0.1) is 0 Å². The molecule has 3 N–H and O–H groups in total. The lowest BCUT2D eigenvalue weighted by atomic mass is 10.3. The van der Waals surface area contributed by atoms with Gasteiger partial charge in [0.2, 0.25) is 0 Å². The van der Waals surface area contributed by atoms with E-state index in [2.05, 4.69) is 20.6 Å². The fourth-order valence-electron chi connectivity index (χ4n) is 1.25. The number of aliphatic hydroxyl groups excluding tert-OH is 1. The van der Waals surface area contributed by atoms with Crippen LogP contribution in [0.1, 0.15) is 12.7 Å². The molecule has 0 saturated carbocycles. The fraction of sp³-hybridized carbons (Fsp3) is 0.600. The van der Waals surface area contributed by atoms with Crippen molar-refractivity contribution in [1.29, 1.82) is 0 Å². The largest absolute Gasteiger partial charge is 0.416 e. The second-order valence-corrected chi connectivity index (χ2v) is 3.65. The van der Waals surface area contributed by atoms with Crippen molar-refractivity contribution in [3.8, 4) is 0 Å². The van der Waals surface area contributed by atoms with Crippen LogP contribution >= 0.6 is 0 Å². The normalized spacial score (nSPS) is 13.2. The number of alkyl halides is 3. The number of hydrogen-bond donors (Lipinski definition) is 3. The van der Waals surface area contributed by atoms with Gasteiger partial charge in [0.25, 0.3) is 0 Å². The molecule has 5 nitrogen and oxygen atoms in total. The molecular weight excluding hydrogens is 249 g/mol. The average Bonchev–Trinajstić information content (AvgIpc) is 2.24. The maximum Gasteiger partial charge on any atom is 0.416 e. The smallest absolute Gasteiger partial charge is 0.382 e. The first-order valence-corrected chi connectivity index (χ1v) is 5.41. The van der Waals surface area contributed by atoms with Crippen LogP contribution in [0, 0.1) is 6.92 Å². The molecule has 0 radical (unpaired) electrons. The van der Waals surface area contributed by atoms with Gasteiger partial charge in [-0.1, -0.05) is 0 Å². The molecule has 0 fully saturated rings. The second kappa shape index (κ2) is 5.85. The van der Waals surface area contributed by atoms with Crippen LogP contribution in [0.5, 0.6) is 0 Å². The van der Waals surface area contributed by atoms with Gasteiger partial charge in [-0.2, -0.15) is 13.2 Å². The van der Waals surface area contributed by atoms with Crippen molar-refractivity contribution in [3.63, 3.8) is 0 Å². The van der Waals surface area contributed by atoms with E-state index in [1.54, 1.807) is 6.92 Å². The van der Waals surface area contributed by atoms with E-state index in [0.717, 1.165) is 0 Å². The number of aromatic nitrogens is 2. The van der Waals surface area contributed by atoms with Crippen LogP contribution in [0.3, 0.4) is 0 Å². The zero-order chi connectivity index (χ0) is 13.8. The summed E-state index contributed by atoms with van der Waals surface area (Å²) < 4.78 is 36.3. The summed E-state index contributed by atoms with van der Waals surface area (Å²) in [6.45, 7) is 3.50. The Morgan fingerprint density at radius 2 is 1.83 bits per heavy atom. The highest BCUT2D eigenvalue weighted by molar-refractivity contribution is 5.47. The van der Waals surface area contributed by atoms with Crippen LogP contribution in [0.4, 0.5) is 24.8 Å². The zero-order valence-corrected chi connectivity index (χ0v) is 10.0. The van der Waals surface area contributed by atoms with Gasteiger partial charge < -0.3 is 15.7 Å². The summed E-state index contributed by atoms with van der Waals surface area (Å²) in [4.78, 5) is 7.98. The van der Waals surface area contributed by atoms with Crippen molar-refractivity contribution >= 4 is 11.6 Å². The molecule has 1 rings (SSSR count). The van der Waals surface area contributed by atoms with Gasteiger partial charge in [0.1, 0.15) is 17.5 Å². The van der Waals surface area contributed by atoms with Gasteiger partial charge in [-0.25, -0.2) is 9.97 Å². The van der Waals surface area contributed by atoms with Crippen LogP contribution in [-0.2, 0) is 0 Å². The molecule has 1 aromatic rings. The van der Waals surface area contributed by atoms with E-state index < -0.39 is 18.8 Å². The Kier molecular flexibility index (Phi) is 4.71. The predicted molar refractivity (Wildman–Crippen MR) is 61.5 cm³/mol. The monoisotopic (exact) mass is 264 g/mol. The van der Waals surface area contributed by atoms with Crippen LogP contribution < -0.4 is 10.6 Å². The molecule has 1 atom stereocenters. The summed E-state index contributed by atoms with van der Waals surface area (Å²) in [5.74, 6) is 1.19. The van der Waals surface area contributed by atoms with Crippen molar-refractivity contribution in [3.05, 3.63) is 11.9 Å². The van der Waals surface area contributed by atoms with Crippen molar-refractivity contribution < 1.29 is 18.3 Å². The molecule has 0 spiro atoms. The van der Waals surface area contributed by atoms with Crippen LogP contribution in [0.25, 0.3) is 0 Å². The number of rotatable bonds is 5. The summed E-state index contributed by atoms with van der Waals surface area (Å²) >= 11 is 0. The Bertz CT molecular complexity index is 397. The molecule has 0 amide bonds. The minimum atomic E-state index is -4.64. The van der Waals surface area contributed by atoms with Gasteiger partial charge in [0, 0.05) is 12.6 Å². The Morgan fingerprint density at radius 3 is 2.33 bits per heavy atom. The number of nitrogens with zero attached hydrogens (tertiary/aromatic N) is 2. The molecule has 1 unspecified atom stereocenters. The number of anilines is 2. The average molecular weight is 264 g/mol. The standard InChI is InChI=1S/C10H15F3N4O/c1-3-14-8-4-9(17-6(2)16-8)15-5-7(18)10(11,12)13/h4,7,18H,3,5H2,1-2H3,(H2,14,15,16,17). The van der Waals surface area contributed by atoms with Crippen molar-refractivity contribution in [1.82, 2.24) is 9.97 Å². The molecule has 0 aliphatic heterocycles.